The fourth-order valence-corrected chi connectivity index (χ4v) is 4.70. The summed E-state index contributed by atoms with van der Waals surface area (Å²) in [7, 11) is -0.341. The Hall–Kier alpha value is -2.44. The quantitative estimate of drug-likeness (QED) is 0.762. The summed E-state index contributed by atoms with van der Waals surface area (Å²) in [5.74, 6) is -0.165. The minimum Gasteiger partial charge on any atom is -0.345 e. The lowest BCUT2D eigenvalue weighted by atomic mass is 9.95. The van der Waals surface area contributed by atoms with E-state index in [4.69, 9.17) is 0 Å². The van der Waals surface area contributed by atoms with Gasteiger partial charge in [0.05, 0.1) is 4.90 Å². The lowest BCUT2D eigenvalue weighted by molar-refractivity contribution is -0.123. The number of carbonyl (C=O) groups excluding carboxylic acids is 1. The predicted molar refractivity (Wildman–Crippen MR) is 106 cm³/mol. The highest BCUT2D eigenvalue weighted by atomic mass is 32.2. The van der Waals surface area contributed by atoms with Crippen LogP contribution in [0.15, 0.2) is 65.6 Å². The smallest absolute Gasteiger partial charge is 0.245 e. The molecule has 0 aliphatic carbocycles. The molecule has 142 valence electrons. The van der Waals surface area contributed by atoms with Gasteiger partial charge in [0.1, 0.15) is 0 Å². The van der Waals surface area contributed by atoms with Crippen molar-refractivity contribution in [2.45, 2.75) is 30.8 Å². The van der Waals surface area contributed by atoms with E-state index in [1.807, 2.05) is 31.2 Å². The van der Waals surface area contributed by atoms with Crippen molar-refractivity contribution in [3.8, 4) is 0 Å². The maximum atomic E-state index is 13.3. The summed E-state index contributed by atoms with van der Waals surface area (Å²) in [6.07, 6.45) is 3.69. The van der Waals surface area contributed by atoms with Gasteiger partial charge in [-0.1, -0.05) is 48.0 Å². The Morgan fingerprint density at radius 1 is 1.07 bits per heavy atom. The van der Waals surface area contributed by atoms with E-state index in [0.717, 1.165) is 16.7 Å². The van der Waals surface area contributed by atoms with Crippen molar-refractivity contribution >= 4 is 15.9 Å². The summed E-state index contributed by atoms with van der Waals surface area (Å²) in [6, 6.07) is 14.3. The molecule has 0 aromatic heterocycles. The summed E-state index contributed by atoms with van der Waals surface area (Å²) in [6.45, 7) is 2.21. The zero-order chi connectivity index (χ0) is 19.6. The van der Waals surface area contributed by atoms with Gasteiger partial charge in [0.25, 0.3) is 0 Å². The van der Waals surface area contributed by atoms with Gasteiger partial charge in [0.2, 0.25) is 15.9 Å². The highest BCUT2D eigenvalue weighted by molar-refractivity contribution is 7.89. The van der Waals surface area contributed by atoms with Gasteiger partial charge in [0.15, 0.2) is 0 Å². The fourth-order valence-electron chi connectivity index (χ4n) is 3.14. The number of amides is 1. The monoisotopic (exact) mass is 384 g/mol. The number of aryl methyl sites for hydroxylation is 1. The van der Waals surface area contributed by atoms with Crippen LogP contribution in [0.5, 0.6) is 0 Å². The molecule has 3 rings (SSSR count). The Bertz CT molecular complexity index is 963. The normalized spacial score (nSPS) is 17.7. The Kier molecular flexibility index (Phi) is 5.48. The first-order valence-corrected chi connectivity index (χ1v) is 10.3. The number of hydrogen-bond acceptors (Lipinski definition) is 3. The first kappa shape index (κ1) is 19.3. The van der Waals surface area contributed by atoms with Crippen LogP contribution in [0.1, 0.15) is 16.7 Å². The molecule has 1 heterocycles. The van der Waals surface area contributed by atoms with E-state index < -0.39 is 16.1 Å². The molecule has 1 atom stereocenters. The summed E-state index contributed by atoms with van der Waals surface area (Å²) in [5, 5.41) is 0. The van der Waals surface area contributed by atoms with Crippen LogP contribution >= 0.6 is 0 Å². The minimum absolute atomic E-state index is 0.165. The molecule has 27 heavy (non-hydrogen) atoms. The molecule has 0 spiro atoms. The lowest BCUT2D eigenvalue weighted by Gasteiger charge is -2.34. The van der Waals surface area contributed by atoms with Gasteiger partial charge in [-0.05, 0) is 36.6 Å². The number of likely N-dealkylation sites (N-methyl/N-ethyl adjacent to an activating group) is 1. The van der Waals surface area contributed by atoms with Crippen LogP contribution in [0.25, 0.3) is 0 Å². The van der Waals surface area contributed by atoms with Crippen molar-refractivity contribution in [2.24, 2.45) is 0 Å². The van der Waals surface area contributed by atoms with Gasteiger partial charge < -0.3 is 4.90 Å². The zero-order valence-corrected chi connectivity index (χ0v) is 16.6. The molecule has 0 fully saturated rings. The first-order valence-electron chi connectivity index (χ1n) is 8.84. The van der Waals surface area contributed by atoms with E-state index in [2.05, 4.69) is 0 Å². The standard InChI is InChI=1S/C21H24N2O3S/c1-16-8-11-20(12-9-16)27(25,26)23-15-18-7-5-4-6-17(18)14-19(23)10-13-21(24)22(2)3/h4-13,19H,14-15H2,1-3H3/t19-/m0/s1. The van der Waals surface area contributed by atoms with Gasteiger partial charge in [-0.25, -0.2) is 8.42 Å². The van der Waals surface area contributed by atoms with Crippen LogP contribution in [0.2, 0.25) is 0 Å². The summed E-state index contributed by atoms with van der Waals surface area (Å²) in [5.41, 5.74) is 3.11. The molecule has 1 aliphatic rings. The number of nitrogens with zero attached hydrogens (tertiary/aromatic N) is 2. The third-order valence-electron chi connectivity index (χ3n) is 4.77. The molecule has 2 aromatic rings. The maximum absolute atomic E-state index is 13.3. The number of hydrogen-bond donors (Lipinski definition) is 0. The largest absolute Gasteiger partial charge is 0.345 e. The predicted octanol–water partition coefficient (Wildman–Crippen LogP) is 2.76. The van der Waals surface area contributed by atoms with Gasteiger partial charge in [-0.3, -0.25) is 4.79 Å². The highest BCUT2D eigenvalue weighted by Crippen LogP contribution is 2.29. The van der Waals surface area contributed by atoms with Crippen molar-refractivity contribution < 1.29 is 13.2 Å². The third-order valence-corrected chi connectivity index (χ3v) is 6.66. The molecule has 0 saturated heterocycles. The van der Waals surface area contributed by atoms with E-state index in [9.17, 15) is 13.2 Å². The second-order valence-electron chi connectivity index (χ2n) is 7.00. The van der Waals surface area contributed by atoms with Crippen molar-refractivity contribution in [3.63, 3.8) is 0 Å². The Morgan fingerprint density at radius 3 is 2.33 bits per heavy atom. The zero-order valence-electron chi connectivity index (χ0n) is 15.8. The number of rotatable bonds is 4. The molecule has 0 unspecified atom stereocenters. The van der Waals surface area contributed by atoms with Crippen LogP contribution < -0.4 is 0 Å². The van der Waals surface area contributed by atoms with Crippen LogP contribution in [-0.2, 0) is 27.8 Å². The fraction of sp³-hybridized carbons (Fsp3) is 0.286. The van der Waals surface area contributed by atoms with E-state index in [1.165, 1.54) is 15.3 Å². The highest BCUT2D eigenvalue weighted by Gasteiger charge is 2.34. The summed E-state index contributed by atoms with van der Waals surface area (Å²) < 4.78 is 28.1. The van der Waals surface area contributed by atoms with Crippen LogP contribution in [0.4, 0.5) is 0 Å². The Labute approximate surface area is 161 Å². The van der Waals surface area contributed by atoms with Gasteiger partial charge >= 0.3 is 0 Å². The van der Waals surface area contributed by atoms with E-state index in [1.54, 1.807) is 44.4 Å². The maximum Gasteiger partial charge on any atom is 0.245 e. The van der Waals surface area contributed by atoms with Crippen molar-refractivity contribution in [1.29, 1.82) is 0 Å². The van der Waals surface area contributed by atoms with Crippen molar-refractivity contribution in [3.05, 3.63) is 77.4 Å². The first-order chi connectivity index (χ1) is 12.8. The Balaban J connectivity index is 2.00. The van der Waals surface area contributed by atoms with E-state index >= 15 is 0 Å². The SMILES string of the molecule is Cc1ccc(S(=O)(=O)N2Cc3ccccc3C[C@@H]2C=CC(=O)N(C)C)cc1. The van der Waals surface area contributed by atoms with Gasteiger partial charge in [-0.15, -0.1) is 0 Å². The molecular formula is C21H24N2O3S. The second-order valence-corrected chi connectivity index (χ2v) is 8.89. The van der Waals surface area contributed by atoms with Crippen LogP contribution in [0.3, 0.4) is 0 Å². The summed E-state index contributed by atoms with van der Waals surface area (Å²) in [4.78, 5) is 13.7. The molecule has 5 nitrogen and oxygen atoms in total. The number of benzene rings is 2. The lowest BCUT2D eigenvalue weighted by Crippen LogP contribution is -2.43. The molecule has 1 aliphatic heterocycles. The topological polar surface area (TPSA) is 57.7 Å². The molecule has 2 aromatic carbocycles. The number of sulfonamides is 1. The molecule has 0 N–H and O–H groups in total. The second kappa shape index (κ2) is 7.66. The van der Waals surface area contributed by atoms with Gasteiger partial charge in [-0.2, -0.15) is 4.31 Å². The average Bonchev–Trinajstić information content (AvgIpc) is 2.65. The molecule has 0 saturated carbocycles. The van der Waals surface area contributed by atoms with Crippen LogP contribution in [-0.4, -0.2) is 43.7 Å². The van der Waals surface area contributed by atoms with Crippen molar-refractivity contribution in [2.75, 3.05) is 14.1 Å². The number of fused-ring (bicyclic) bond motifs is 1. The van der Waals surface area contributed by atoms with Gasteiger partial charge in [0, 0.05) is 32.8 Å². The molecule has 0 bridgehead atoms. The number of carbonyl (C=O) groups is 1. The average molecular weight is 385 g/mol. The third kappa shape index (κ3) is 4.12. The minimum atomic E-state index is -3.68. The molecular weight excluding hydrogens is 360 g/mol. The van der Waals surface area contributed by atoms with Crippen LogP contribution in [0, 0.1) is 6.92 Å². The van der Waals surface area contributed by atoms with Crippen molar-refractivity contribution in [1.82, 2.24) is 9.21 Å². The Morgan fingerprint density at radius 2 is 1.70 bits per heavy atom. The van der Waals surface area contributed by atoms with E-state index in [-0.39, 0.29) is 17.3 Å². The summed E-state index contributed by atoms with van der Waals surface area (Å²) >= 11 is 0. The molecule has 6 heteroatoms. The van der Waals surface area contributed by atoms with E-state index in [0.29, 0.717) is 6.42 Å². The molecule has 1 amide bonds. The molecule has 0 radical (unpaired) electrons.